The SMILES string of the molecule is CN(C(=O)C(c1ccccc1)c1ccccc1)c1ccc(Br)nc1C(=O)O. The molecule has 6 heteroatoms. The largest absolute Gasteiger partial charge is 0.476 e. The van der Waals surface area contributed by atoms with Crippen LogP contribution in [0.4, 0.5) is 5.69 Å². The number of pyridine rings is 1. The summed E-state index contributed by atoms with van der Waals surface area (Å²) in [5.41, 5.74) is 1.73. The third-order valence-electron chi connectivity index (χ3n) is 4.25. The molecule has 3 rings (SSSR count). The topological polar surface area (TPSA) is 70.5 Å². The van der Waals surface area contributed by atoms with Crippen LogP contribution in [-0.4, -0.2) is 29.0 Å². The van der Waals surface area contributed by atoms with Gasteiger partial charge in [0.25, 0.3) is 0 Å². The smallest absolute Gasteiger partial charge is 0.356 e. The van der Waals surface area contributed by atoms with Crippen LogP contribution in [0.3, 0.4) is 0 Å². The van der Waals surface area contributed by atoms with Crippen LogP contribution in [-0.2, 0) is 4.79 Å². The average Bonchev–Trinajstić information content (AvgIpc) is 2.69. The number of hydrogen-bond acceptors (Lipinski definition) is 3. The van der Waals surface area contributed by atoms with Crippen molar-refractivity contribution in [1.29, 1.82) is 0 Å². The van der Waals surface area contributed by atoms with Gasteiger partial charge in [-0.25, -0.2) is 9.78 Å². The number of halogens is 1. The van der Waals surface area contributed by atoms with Crippen LogP contribution in [0, 0.1) is 0 Å². The van der Waals surface area contributed by atoms with Gasteiger partial charge in [-0.05, 0) is 39.2 Å². The molecule has 0 aliphatic rings. The number of likely N-dealkylation sites (N-methyl/N-ethyl adjacent to an activating group) is 1. The quantitative estimate of drug-likeness (QED) is 0.618. The summed E-state index contributed by atoms with van der Waals surface area (Å²) in [6.45, 7) is 0. The van der Waals surface area contributed by atoms with Crippen molar-refractivity contribution in [3.8, 4) is 0 Å². The number of rotatable bonds is 5. The van der Waals surface area contributed by atoms with Crippen molar-refractivity contribution in [2.24, 2.45) is 0 Å². The first-order chi connectivity index (χ1) is 13.0. The zero-order chi connectivity index (χ0) is 19.4. The zero-order valence-electron chi connectivity index (χ0n) is 14.5. The number of benzene rings is 2. The number of aromatic nitrogens is 1. The Labute approximate surface area is 165 Å². The van der Waals surface area contributed by atoms with Crippen LogP contribution in [0.1, 0.15) is 27.5 Å². The molecule has 0 aliphatic heterocycles. The molecule has 0 saturated heterocycles. The van der Waals surface area contributed by atoms with Gasteiger partial charge in [0.05, 0.1) is 11.6 Å². The van der Waals surface area contributed by atoms with Gasteiger partial charge in [0, 0.05) is 7.05 Å². The summed E-state index contributed by atoms with van der Waals surface area (Å²) in [5, 5.41) is 9.47. The lowest BCUT2D eigenvalue weighted by Gasteiger charge is -2.25. The first-order valence-corrected chi connectivity index (χ1v) is 9.05. The van der Waals surface area contributed by atoms with E-state index < -0.39 is 11.9 Å². The Balaban J connectivity index is 2.06. The van der Waals surface area contributed by atoms with Crippen molar-refractivity contribution in [3.63, 3.8) is 0 Å². The second-order valence-electron chi connectivity index (χ2n) is 5.96. The van der Waals surface area contributed by atoms with Crippen LogP contribution in [0.2, 0.25) is 0 Å². The van der Waals surface area contributed by atoms with Crippen molar-refractivity contribution < 1.29 is 14.7 Å². The Morgan fingerprint density at radius 2 is 1.44 bits per heavy atom. The van der Waals surface area contributed by atoms with Crippen LogP contribution < -0.4 is 4.90 Å². The first-order valence-electron chi connectivity index (χ1n) is 8.26. The number of carbonyl (C=O) groups excluding carboxylic acids is 1. The van der Waals surface area contributed by atoms with Crippen molar-refractivity contribution in [2.75, 3.05) is 11.9 Å². The normalized spacial score (nSPS) is 10.6. The van der Waals surface area contributed by atoms with Crippen LogP contribution in [0.5, 0.6) is 0 Å². The molecular weight excluding hydrogens is 408 g/mol. The summed E-state index contributed by atoms with van der Waals surface area (Å²) in [6, 6.07) is 22.0. The number of carboxylic acids is 1. The van der Waals surface area contributed by atoms with Gasteiger partial charge in [-0.3, -0.25) is 4.79 Å². The third-order valence-corrected chi connectivity index (χ3v) is 4.69. The minimum atomic E-state index is -1.19. The van der Waals surface area contributed by atoms with Crippen LogP contribution in [0.25, 0.3) is 0 Å². The van der Waals surface area contributed by atoms with E-state index in [1.165, 1.54) is 4.90 Å². The summed E-state index contributed by atoms with van der Waals surface area (Å²) < 4.78 is 0.396. The number of amides is 1. The van der Waals surface area contributed by atoms with E-state index in [0.717, 1.165) is 11.1 Å². The number of nitrogens with zero attached hydrogens (tertiary/aromatic N) is 2. The number of anilines is 1. The van der Waals surface area contributed by atoms with E-state index in [4.69, 9.17) is 0 Å². The van der Waals surface area contributed by atoms with Crippen LogP contribution >= 0.6 is 15.9 Å². The molecule has 2 aromatic carbocycles. The van der Waals surface area contributed by atoms with Gasteiger partial charge in [-0.1, -0.05) is 60.7 Å². The Hall–Kier alpha value is -2.99. The Bertz CT molecular complexity index is 922. The van der Waals surface area contributed by atoms with Gasteiger partial charge in [-0.15, -0.1) is 0 Å². The Morgan fingerprint density at radius 1 is 0.926 bits per heavy atom. The molecule has 0 fully saturated rings. The lowest BCUT2D eigenvalue weighted by Crippen LogP contribution is -2.33. The minimum absolute atomic E-state index is 0.180. The van der Waals surface area contributed by atoms with E-state index in [9.17, 15) is 14.7 Å². The van der Waals surface area contributed by atoms with Gasteiger partial charge in [0.2, 0.25) is 5.91 Å². The number of carbonyl (C=O) groups is 2. The second-order valence-corrected chi connectivity index (χ2v) is 6.77. The van der Waals surface area contributed by atoms with E-state index in [1.807, 2.05) is 60.7 Å². The molecule has 0 saturated carbocycles. The predicted molar refractivity (Wildman–Crippen MR) is 107 cm³/mol. The molecule has 0 aliphatic carbocycles. The van der Waals surface area contributed by atoms with Crippen molar-refractivity contribution >= 4 is 33.5 Å². The maximum atomic E-state index is 13.4. The van der Waals surface area contributed by atoms with E-state index >= 15 is 0 Å². The third kappa shape index (κ3) is 4.06. The molecule has 1 heterocycles. The molecule has 3 aromatic rings. The van der Waals surface area contributed by atoms with Gasteiger partial charge in [0.15, 0.2) is 5.69 Å². The van der Waals surface area contributed by atoms with Gasteiger partial charge >= 0.3 is 5.97 Å². The molecule has 1 N–H and O–H groups in total. The standard InChI is InChI=1S/C21H17BrN2O3/c1-24(16-12-13-17(22)23-19(16)21(26)27)20(25)18(14-8-4-2-5-9-14)15-10-6-3-7-11-15/h2-13,18H,1H3,(H,26,27). The van der Waals surface area contributed by atoms with Crippen molar-refractivity contribution in [2.45, 2.75) is 5.92 Å². The van der Waals surface area contributed by atoms with Gasteiger partial charge in [0.1, 0.15) is 4.60 Å². The minimum Gasteiger partial charge on any atom is -0.476 e. The van der Waals surface area contributed by atoms with Crippen molar-refractivity contribution in [1.82, 2.24) is 4.98 Å². The molecule has 0 radical (unpaired) electrons. The molecule has 0 bridgehead atoms. The lowest BCUT2D eigenvalue weighted by molar-refractivity contribution is -0.118. The number of aromatic carboxylic acids is 1. The Morgan fingerprint density at radius 3 is 1.93 bits per heavy atom. The summed E-state index contributed by atoms with van der Waals surface area (Å²) in [7, 11) is 1.57. The fraction of sp³-hybridized carbons (Fsp3) is 0.0952. The van der Waals surface area contributed by atoms with E-state index in [0.29, 0.717) is 4.60 Å². The molecule has 0 spiro atoms. The predicted octanol–water partition coefficient (Wildman–Crippen LogP) is 4.34. The summed E-state index contributed by atoms with van der Waals surface area (Å²) in [6.07, 6.45) is 0. The average molecular weight is 425 g/mol. The molecule has 0 atom stereocenters. The Kier molecular flexibility index (Phi) is 5.66. The fourth-order valence-electron chi connectivity index (χ4n) is 2.94. The van der Waals surface area contributed by atoms with E-state index in [1.54, 1.807) is 19.2 Å². The highest BCUT2D eigenvalue weighted by Gasteiger charge is 2.29. The maximum Gasteiger partial charge on any atom is 0.356 e. The van der Waals surface area contributed by atoms with Crippen molar-refractivity contribution in [3.05, 3.63) is 94.2 Å². The summed E-state index contributed by atoms with van der Waals surface area (Å²) in [5.74, 6) is -1.98. The molecule has 1 amide bonds. The maximum absolute atomic E-state index is 13.4. The summed E-state index contributed by atoms with van der Waals surface area (Å²) in [4.78, 5) is 30.3. The highest BCUT2D eigenvalue weighted by Crippen LogP contribution is 2.30. The lowest BCUT2D eigenvalue weighted by atomic mass is 9.90. The molecule has 0 unspecified atom stereocenters. The molecule has 136 valence electrons. The molecule has 5 nitrogen and oxygen atoms in total. The highest BCUT2D eigenvalue weighted by molar-refractivity contribution is 9.10. The van der Waals surface area contributed by atoms with Gasteiger partial charge < -0.3 is 10.0 Å². The van der Waals surface area contributed by atoms with Gasteiger partial charge in [-0.2, -0.15) is 0 Å². The fourth-order valence-corrected chi connectivity index (χ4v) is 3.25. The van der Waals surface area contributed by atoms with E-state index in [2.05, 4.69) is 20.9 Å². The summed E-state index contributed by atoms with van der Waals surface area (Å²) >= 11 is 3.18. The monoisotopic (exact) mass is 424 g/mol. The molecule has 1 aromatic heterocycles. The molecule has 27 heavy (non-hydrogen) atoms. The second kappa shape index (κ2) is 8.14. The van der Waals surface area contributed by atoms with E-state index in [-0.39, 0.29) is 17.3 Å². The highest BCUT2D eigenvalue weighted by atomic mass is 79.9. The number of hydrogen-bond donors (Lipinski definition) is 1. The first kappa shape index (κ1) is 18.8. The number of carboxylic acid groups (broad SMARTS) is 1. The van der Waals surface area contributed by atoms with Crippen LogP contribution in [0.15, 0.2) is 77.4 Å². The molecular formula is C21H17BrN2O3. The zero-order valence-corrected chi connectivity index (χ0v) is 16.1.